The summed E-state index contributed by atoms with van der Waals surface area (Å²) in [4.78, 5) is 10.9. The SMILES string of the molecule is CN1CCN(Nc2nc(N)cn3ccnc23)CC1. The van der Waals surface area contributed by atoms with Crippen LogP contribution in [-0.2, 0) is 0 Å². The van der Waals surface area contributed by atoms with Crippen molar-refractivity contribution in [2.75, 3.05) is 44.4 Å². The molecule has 0 atom stereocenters. The predicted octanol–water partition coefficient (Wildman–Crippen LogP) is -0.114. The lowest BCUT2D eigenvalue weighted by atomic mass is 10.4. The molecule has 1 saturated heterocycles. The second-order valence-corrected chi connectivity index (χ2v) is 4.57. The first kappa shape index (κ1) is 11.2. The molecule has 0 aliphatic carbocycles. The van der Waals surface area contributed by atoms with Crippen molar-refractivity contribution in [3.63, 3.8) is 0 Å². The third kappa shape index (κ3) is 2.09. The fourth-order valence-electron chi connectivity index (χ4n) is 2.09. The molecular weight excluding hydrogens is 230 g/mol. The van der Waals surface area contributed by atoms with Gasteiger partial charge >= 0.3 is 0 Å². The maximum atomic E-state index is 5.78. The van der Waals surface area contributed by atoms with Gasteiger partial charge in [0.15, 0.2) is 11.5 Å². The third-order valence-corrected chi connectivity index (χ3v) is 3.16. The molecule has 18 heavy (non-hydrogen) atoms. The lowest BCUT2D eigenvalue weighted by Gasteiger charge is -2.32. The molecule has 1 fully saturated rings. The second-order valence-electron chi connectivity index (χ2n) is 4.57. The lowest BCUT2D eigenvalue weighted by molar-refractivity contribution is 0.178. The summed E-state index contributed by atoms with van der Waals surface area (Å²) in [6.07, 6.45) is 5.37. The number of rotatable bonds is 2. The van der Waals surface area contributed by atoms with Crippen molar-refractivity contribution in [1.29, 1.82) is 0 Å². The Morgan fingerprint density at radius 3 is 2.83 bits per heavy atom. The Morgan fingerprint density at radius 2 is 2.06 bits per heavy atom. The summed E-state index contributed by atoms with van der Waals surface area (Å²) < 4.78 is 1.88. The number of fused-ring (bicyclic) bond motifs is 1. The topological polar surface area (TPSA) is 74.7 Å². The van der Waals surface area contributed by atoms with E-state index in [1.54, 1.807) is 12.4 Å². The maximum Gasteiger partial charge on any atom is 0.186 e. The van der Waals surface area contributed by atoms with E-state index in [2.05, 4.69) is 32.4 Å². The van der Waals surface area contributed by atoms with Crippen LogP contribution in [0.5, 0.6) is 0 Å². The van der Waals surface area contributed by atoms with Crippen LogP contribution >= 0.6 is 0 Å². The highest BCUT2D eigenvalue weighted by Gasteiger charge is 2.15. The molecule has 2 aromatic rings. The molecule has 0 spiro atoms. The molecule has 7 nitrogen and oxygen atoms in total. The highest BCUT2D eigenvalue weighted by atomic mass is 15.5. The normalized spacial score (nSPS) is 18.3. The Bertz CT molecular complexity index is 541. The van der Waals surface area contributed by atoms with E-state index in [1.807, 2.05) is 10.6 Å². The zero-order valence-corrected chi connectivity index (χ0v) is 10.4. The Labute approximate surface area is 105 Å². The molecule has 0 saturated carbocycles. The fraction of sp³-hybridized carbons (Fsp3) is 0.455. The molecule has 3 N–H and O–H groups in total. The van der Waals surface area contributed by atoms with Gasteiger partial charge in [-0.1, -0.05) is 0 Å². The van der Waals surface area contributed by atoms with E-state index in [-0.39, 0.29) is 0 Å². The van der Waals surface area contributed by atoms with Crippen molar-refractivity contribution in [1.82, 2.24) is 24.3 Å². The van der Waals surface area contributed by atoms with Gasteiger partial charge in [0.05, 0.1) is 6.20 Å². The van der Waals surface area contributed by atoms with Crippen molar-refractivity contribution >= 4 is 17.3 Å². The number of anilines is 2. The summed E-state index contributed by atoms with van der Waals surface area (Å²) in [5.41, 5.74) is 9.88. The van der Waals surface area contributed by atoms with Gasteiger partial charge in [0, 0.05) is 38.6 Å². The Kier molecular flexibility index (Phi) is 2.77. The van der Waals surface area contributed by atoms with Gasteiger partial charge in [-0.05, 0) is 7.05 Å². The van der Waals surface area contributed by atoms with Crippen LogP contribution < -0.4 is 11.2 Å². The van der Waals surface area contributed by atoms with Crippen molar-refractivity contribution in [3.8, 4) is 0 Å². The van der Waals surface area contributed by atoms with Gasteiger partial charge in [0.25, 0.3) is 0 Å². The Hall–Kier alpha value is -1.86. The molecule has 96 valence electrons. The van der Waals surface area contributed by atoms with Gasteiger partial charge in [-0.2, -0.15) is 0 Å². The third-order valence-electron chi connectivity index (χ3n) is 3.16. The number of hydrogen-bond acceptors (Lipinski definition) is 6. The highest BCUT2D eigenvalue weighted by Crippen LogP contribution is 2.15. The maximum absolute atomic E-state index is 5.78. The van der Waals surface area contributed by atoms with Crippen LogP contribution in [0.1, 0.15) is 0 Å². The molecule has 0 unspecified atom stereocenters. The van der Waals surface area contributed by atoms with E-state index in [0.29, 0.717) is 11.6 Å². The molecule has 3 heterocycles. The number of hydrogen-bond donors (Lipinski definition) is 2. The first-order valence-electron chi connectivity index (χ1n) is 6.02. The molecule has 7 heteroatoms. The molecular formula is C11H17N7. The van der Waals surface area contributed by atoms with Gasteiger partial charge in [0.1, 0.15) is 5.82 Å². The number of nitrogens with two attached hydrogens (primary N) is 1. The van der Waals surface area contributed by atoms with E-state index in [9.17, 15) is 0 Å². The zero-order valence-electron chi connectivity index (χ0n) is 10.4. The second kappa shape index (κ2) is 4.43. The van der Waals surface area contributed by atoms with Gasteiger partial charge in [-0.3, -0.25) is 5.43 Å². The van der Waals surface area contributed by atoms with Crippen LogP contribution in [-0.4, -0.2) is 57.5 Å². The highest BCUT2D eigenvalue weighted by molar-refractivity contribution is 5.64. The number of likely N-dealkylation sites (N-methyl/N-ethyl adjacent to an activating group) is 1. The van der Waals surface area contributed by atoms with Crippen molar-refractivity contribution < 1.29 is 0 Å². The predicted molar refractivity (Wildman–Crippen MR) is 70.1 cm³/mol. The minimum atomic E-state index is 0.483. The number of hydrazine groups is 1. The van der Waals surface area contributed by atoms with Gasteiger partial charge in [-0.25, -0.2) is 15.0 Å². The molecule has 2 aromatic heterocycles. The standard InChI is InChI=1S/C11H17N7/c1-16-4-6-18(7-5-16)15-10-11-13-2-3-17(11)8-9(12)14-10/h2-3,8H,4-7,12H2,1H3,(H,14,15). The Morgan fingerprint density at radius 1 is 1.28 bits per heavy atom. The number of imidazole rings is 1. The van der Waals surface area contributed by atoms with Gasteiger partial charge < -0.3 is 15.0 Å². The van der Waals surface area contributed by atoms with Crippen LogP contribution in [0, 0.1) is 0 Å². The summed E-state index contributed by atoms with van der Waals surface area (Å²) in [6, 6.07) is 0. The van der Waals surface area contributed by atoms with Crippen molar-refractivity contribution in [2.45, 2.75) is 0 Å². The molecule has 1 aliphatic heterocycles. The van der Waals surface area contributed by atoms with E-state index in [0.717, 1.165) is 31.8 Å². The summed E-state index contributed by atoms with van der Waals surface area (Å²) in [5, 5.41) is 2.15. The molecule has 0 aromatic carbocycles. The fourth-order valence-corrected chi connectivity index (χ4v) is 2.09. The van der Waals surface area contributed by atoms with E-state index in [1.165, 1.54) is 0 Å². The first-order chi connectivity index (χ1) is 8.72. The van der Waals surface area contributed by atoms with Crippen LogP contribution in [0.2, 0.25) is 0 Å². The number of nitrogens with zero attached hydrogens (tertiary/aromatic N) is 5. The summed E-state index contributed by atoms with van der Waals surface area (Å²) in [6.45, 7) is 4.00. The first-order valence-corrected chi connectivity index (χ1v) is 6.02. The monoisotopic (exact) mass is 247 g/mol. The van der Waals surface area contributed by atoms with Crippen molar-refractivity contribution in [3.05, 3.63) is 18.6 Å². The van der Waals surface area contributed by atoms with Crippen molar-refractivity contribution in [2.24, 2.45) is 0 Å². The lowest BCUT2D eigenvalue weighted by Crippen LogP contribution is -2.47. The van der Waals surface area contributed by atoms with Crippen LogP contribution in [0.15, 0.2) is 18.6 Å². The zero-order chi connectivity index (χ0) is 12.5. The summed E-state index contributed by atoms with van der Waals surface area (Å²) >= 11 is 0. The summed E-state index contributed by atoms with van der Waals surface area (Å²) in [5.74, 6) is 1.20. The van der Waals surface area contributed by atoms with Crippen LogP contribution in [0.4, 0.5) is 11.6 Å². The van der Waals surface area contributed by atoms with Gasteiger partial charge in [-0.15, -0.1) is 0 Å². The Balaban J connectivity index is 1.83. The average Bonchev–Trinajstić information content (AvgIpc) is 2.80. The smallest absolute Gasteiger partial charge is 0.186 e. The molecule has 0 amide bonds. The average molecular weight is 247 g/mol. The van der Waals surface area contributed by atoms with E-state index in [4.69, 9.17) is 5.73 Å². The van der Waals surface area contributed by atoms with Gasteiger partial charge in [0.2, 0.25) is 0 Å². The van der Waals surface area contributed by atoms with E-state index < -0.39 is 0 Å². The molecule has 0 bridgehead atoms. The quantitative estimate of drug-likeness (QED) is 0.771. The number of aromatic nitrogens is 3. The number of nitrogens with one attached hydrogen (secondary N) is 1. The molecule has 0 radical (unpaired) electrons. The minimum absolute atomic E-state index is 0.483. The summed E-state index contributed by atoms with van der Waals surface area (Å²) in [7, 11) is 2.13. The van der Waals surface area contributed by atoms with E-state index >= 15 is 0 Å². The largest absolute Gasteiger partial charge is 0.382 e. The number of piperazine rings is 1. The van der Waals surface area contributed by atoms with Crippen LogP contribution in [0.3, 0.4) is 0 Å². The molecule has 3 rings (SSSR count). The number of nitrogen functional groups attached to an aromatic ring is 1. The van der Waals surface area contributed by atoms with Crippen LogP contribution in [0.25, 0.3) is 5.65 Å². The minimum Gasteiger partial charge on any atom is -0.382 e. The molecule has 1 aliphatic rings.